The molecule has 0 radical (unpaired) electrons. The Kier molecular flexibility index (Phi) is 4.65. The summed E-state index contributed by atoms with van der Waals surface area (Å²) in [6.07, 6.45) is 5.08. The van der Waals surface area contributed by atoms with Crippen molar-refractivity contribution < 1.29 is 0 Å². The summed E-state index contributed by atoms with van der Waals surface area (Å²) in [4.78, 5) is 25.8. The fourth-order valence-corrected chi connectivity index (χ4v) is 2.65. The minimum Gasteiger partial charge on any atom is -0.367 e. The molecule has 2 N–H and O–H groups in total. The highest BCUT2D eigenvalue weighted by molar-refractivity contribution is 5.93. The monoisotopic (exact) mass is 338 g/mol. The minimum absolute atomic E-state index is 0.0436. The number of aromatic nitrogens is 4. The van der Waals surface area contributed by atoms with E-state index in [4.69, 9.17) is 0 Å². The average molecular weight is 338 g/mol. The van der Waals surface area contributed by atoms with Crippen LogP contribution in [0.1, 0.15) is 26.5 Å². The maximum absolute atomic E-state index is 12.7. The molecule has 3 heterocycles. The number of aryl methyl sites for hydroxylation is 2. The van der Waals surface area contributed by atoms with Crippen LogP contribution in [0.15, 0.2) is 35.5 Å². The Morgan fingerprint density at radius 1 is 1.20 bits per heavy atom. The lowest BCUT2D eigenvalue weighted by atomic mass is 10.2. The highest BCUT2D eigenvalue weighted by Crippen LogP contribution is 2.24. The van der Waals surface area contributed by atoms with Crippen LogP contribution in [0.2, 0.25) is 0 Å². The van der Waals surface area contributed by atoms with Gasteiger partial charge in [-0.25, -0.2) is 9.97 Å². The van der Waals surface area contributed by atoms with E-state index >= 15 is 0 Å². The number of pyridine rings is 2. The van der Waals surface area contributed by atoms with Crippen molar-refractivity contribution in [1.29, 1.82) is 0 Å². The Bertz CT molecular complexity index is 963. The normalized spacial score (nSPS) is 11.1. The third-order valence-electron chi connectivity index (χ3n) is 3.85. The SMILES string of the molecule is CCn1ccc2cc(Nc3nccnc3C)nc(NC(C)C)c2c1=O. The van der Waals surface area contributed by atoms with Crippen LogP contribution in [0.4, 0.5) is 17.5 Å². The van der Waals surface area contributed by atoms with Crippen molar-refractivity contribution in [3.05, 3.63) is 46.8 Å². The number of rotatable bonds is 5. The zero-order valence-electron chi connectivity index (χ0n) is 14.9. The van der Waals surface area contributed by atoms with Crippen LogP contribution in [0.25, 0.3) is 10.8 Å². The van der Waals surface area contributed by atoms with Gasteiger partial charge in [0.25, 0.3) is 5.56 Å². The molecule has 7 heteroatoms. The molecular formula is C18H22N6O. The lowest BCUT2D eigenvalue weighted by molar-refractivity contribution is 0.734. The van der Waals surface area contributed by atoms with E-state index in [2.05, 4.69) is 25.6 Å². The van der Waals surface area contributed by atoms with E-state index in [1.165, 1.54) is 0 Å². The molecule has 7 nitrogen and oxygen atoms in total. The Hall–Kier alpha value is -2.96. The highest BCUT2D eigenvalue weighted by atomic mass is 16.1. The van der Waals surface area contributed by atoms with Gasteiger partial charge in [-0.3, -0.25) is 9.78 Å². The van der Waals surface area contributed by atoms with Gasteiger partial charge < -0.3 is 15.2 Å². The lowest BCUT2D eigenvalue weighted by Gasteiger charge is -2.15. The van der Waals surface area contributed by atoms with Gasteiger partial charge >= 0.3 is 0 Å². The Morgan fingerprint density at radius 3 is 2.64 bits per heavy atom. The molecule has 3 rings (SSSR count). The Labute approximate surface area is 146 Å². The van der Waals surface area contributed by atoms with Crippen molar-refractivity contribution in [2.75, 3.05) is 10.6 Å². The van der Waals surface area contributed by atoms with Crippen LogP contribution in [-0.4, -0.2) is 25.6 Å². The van der Waals surface area contributed by atoms with Crippen molar-refractivity contribution in [2.45, 2.75) is 40.3 Å². The summed E-state index contributed by atoms with van der Waals surface area (Å²) in [5.74, 6) is 1.84. The third kappa shape index (κ3) is 3.45. The van der Waals surface area contributed by atoms with Crippen LogP contribution in [0, 0.1) is 6.92 Å². The van der Waals surface area contributed by atoms with Gasteiger partial charge in [-0.1, -0.05) is 0 Å². The van der Waals surface area contributed by atoms with Crippen molar-refractivity contribution in [1.82, 2.24) is 19.5 Å². The Morgan fingerprint density at radius 2 is 1.96 bits per heavy atom. The number of hydrogen-bond acceptors (Lipinski definition) is 6. The number of anilines is 3. The molecule has 0 atom stereocenters. The smallest absolute Gasteiger partial charge is 0.262 e. The van der Waals surface area contributed by atoms with Gasteiger partial charge in [0.2, 0.25) is 0 Å². The molecule has 130 valence electrons. The number of hydrogen-bond donors (Lipinski definition) is 2. The molecule has 0 aliphatic heterocycles. The second kappa shape index (κ2) is 6.88. The fraction of sp³-hybridized carbons (Fsp3) is 0.333. The first-order valence-electron chi connectivity index (χ1n) is 8.35. The molecule has 0 aromatic carbocycles. The molecule has 0 fully saturated rings. The first-order valence-corrected chi connectivity index (χ1v) is 8.35. The molecule has 0 amide bonds. The van der Waals surface area contributed by atoms with Gasteiger partial charge in [-0.15, -0.1) is 0 Å². The third-order valence-corrected chi connectivity index (χ3v) is 3.85. The van der Waals surface area contributed by atoms with Gasteiger partial charge in [-0.2, -0.15) is 0 Å². The van der Waals surface area contributed by atoms with Crippen LogP contribution in [0.3, 0.4) is 0 Å². The molecule has 0 aliphatic rings. The summed E-state index contributed by atoms with van der Waals surface area (Å²) in [6.45, 7) is 8.48. The van der Waals surface area contributed by atoms with Gasteiger partial charge in [0.05, 0.1) is 11.1 Å². The molecule has 0 spiro atoms. The van der Waals surface area contributed by atoms with Gasteiger partial charge in [0, 0.05) is 31.2 Å². The summed E-state index contributed by atoms with van der Waals surface area (Å²) in [7, 11) is 0. The fourth-order valence-electron chi connectivity index (χ4n) is 2.65. The molecule has 3 aromatic heterocycles. The quantitative estimate of drug-likeness (QED) is 0.744. The highest BCUT2D eigenvalue weighted by Gasteiger charge is 2.13. The van der Waals surface area contributed by atoms with E-state index in [0.717, 1.165) is 11.1 Å². The molecule has 0 aliphatic carbocycles. The van der Waals surface area contributed by atoms with Crippen LogP contribution >= 0.6 is 0 Å². The molecule has 0 saturated heterocycles. The summed E-state index contributed by atoms with van der Waals surface area (Å²) in [5, 5.41) is 7.90. The maximum Gasteiger partial charge on any atom is 0.262 e. The molecule has 0 unspecified atom stereocenters. The van der Waals surface area contributed by atoms with Gasteiger partial charge in [-0.05, 0) is 45.2 Å². The van der Waals surface area contributed by atoms with Crippen molar-refractivity contribution in [3.63, 3.8) is 0 Å². The molecular weight excluding hydrogens is 316 g/mol. The first-order chi connectivity index (χ1) is 12.0. The maximum atomic E-state index is 12.7. The van der Waals surface area contributed by atoms with E-state index in [-0.39, 0.29) is 11.6 Å². The number of nitrogens with zero attached hydrogens (tertiary/aromatic N) is 4. The van der Waals surface area contributed by atoms with Crippen LogP contribution in [-0.2, 0) is 6.54 Å². The second-order valence-electron chi connectivity index (χ2n) is 6.14. The van der Waals surface area contributed by atoms with Gasteiger partial charge in [0.1, 0.15) is 11.6 Å². The summed E-state index contributed by atoms with van der Waals surface area (Å²) >= 11 is 0. The van der Waals surface area contributed by atoms with E-state index in [9.17, 15) is 4.79 Å². The van der Waals surface area contributed by atoms with Crippen LogP contribution in [0.5, 0.6) is 0 Å². The average Bonchev–Trinajstić information content (AvgIpc) is 2.56. The molecule has 25 heavy (non-hydrogen) atoms. The summed E-state index contributed by atoms with van der Waals surface area (Å²) < 4.78 is 1.68. The predicted octanol–water partition coefficient (Wildman–Crippen LogP) is 3.08. The first kappa shape index (κ1) is 16.9. The van der Waals surface area contributed by atoms with Gasteiger partial charge in [0.15, 0.2) is 5.82 Å². The van der Waals surface area contributed by atoms with E-state index < -0.39 is 0 Å². The second-order valence-corrected chi connectivity index (χ2v) is 6.14. The lowest BCUT2D eigenvalue weighted by Crippen LogP contribution is -2.21. The molecule has 0 bridgehead atoms. The van der Waals surface area contributed by atoms with Crippen molar-refractivity contribution >= 4 is 28.2 Å². The van der Waals surface area contributed by atoms with Crippen molar-refractivity contribution in [2.24, 2.45) is 0 Å². The topological polar surface area (TPSA) is 84.7 Å². The van der Waals surface area contributed by atoms with E-state index in [0.29, 0.717) is 29.4 Å². The minimum atomic E-state index is -0.0436. The largest absolute Gasteiger partial charge is 0.367 e. The van der Waals surface area contributed by atoms with Crippen molar-refractivity contribution in [3.8, 4) is 0 Å². The molecule has 3 aromatic rings. The predicted molar refractivity (Wildman–Crippen MR) is 100 cm³/mol. The summed E-state index contributed by atoms with van der Waals surface area (Å²) in [5.41, 5.74) is 0.738. The standard InChI is InChI=1S/C18H22N6O/c1-5-24-9-6-13-10-14(22-16-12(4)19-7-8-20-16)23-17(21-11(2)3)15(13)18(24)25/h6-11H,5H2,1-4H3,(H2,20,21,22,23). The Balaban J connectivity index is 2.15. The molecule has 0 saturated carbocycles. The summed E-state index contributed by atoms with van der Waals surface area (Å²) in [6, 6.07) is 3.94. The number of fused-ring (bicyclic) bond motifs is 1. The van der Waals surface area contributed by atoms with E-state index in [1.54, 1.807) is 23.2 Å². The number of nitrogens with one attached hydrogen (secondary N) is 2. The van der Waals surface area contributed by atoms with Crippen LogP contribution < -0.4 is 16.2 Å². The zero-order chi connectivity index (χ0) is 18.0. The zero-order valence-corrected chi connectivity index (χ0v) is 14.9. The van der Waals surface area contributed by atoms with E-state index in [1.807, 2.05) is 39.8 Å².